The highest BCUT2D eigenvalue weighted by Crippen LogP contribution is 2.35. The van der Waals surface area contributed by atoms with Crippen LogP contribution in [0.15, 0.2) is 55.0 Å². The molecule has 1 N–H and O–H groups in total. The van der Waals surface area contributed by atoms with Crippen molar-refractivity contribution >= 4 is 11.6 Å². The molecular formula is C20H23N5O. The number of nitrogens with zero attached hydrogens (tertiary/aromatic N) is 4. The molecule has 1 aliphatic heterocycles. The zero-order valence-corrected chi connectivity index (χ0v) is 14.9. The first-order chi connectivity index (χ1) is 12.7. The summed E-state index contributed by atoms with van der Waals surface area (Å²) in [7, 11) is 2.11. The molecule has 1 amide bonds. The molecule has 1 aromatic carbocycles. The lowest BCUT2D eigenvalue weighted by atomic mass is 9.72. The third kappa shape index (κ3) is 2.97. The number of carbonyl (C=O) groups excluding carboxylic acids is 1. The Hall–Kier alpha value is -2.73. The lowest BCUT2D eigenvalue weighted by Gasteiger charge is -2.39. The van der Waals surface area contributed by atoms with E-state index in [4.69, 9.17) is 0 Å². The summed E-state index contributed by atoms with van der Waals surface area (Å²) >= 11 is 0. The van der Waals surface area contributed by atoms with E-state index in [0.717, 1.165) is 42.7 Å². The van der Waals surface area contributed by atoms with Gasteiger partial charge < -0.3 is 10.2 Å². The quantitative estimate of drug-likeness (QED) is 0.783. The zero-order valence-electron chi connectivity index (χ0n) is 14.9. The predicted octanol–water partition coefficient (Wildman–Crippen LogP) is 2.01. The SMILES string of the molecule is CN1CCC(C(=O)NCc2cnn3cccnc23)(c2ccccc2)CC1. The molecule has 4 rings (SSSR count). The van der Waals surface area contributed by atoms with Crippen molar-refractivity contribution in [3.63, 3.8) is 0 Å². The molecule has 0 atom stereocenters. The van der Waals surface area contributed by atoms with Crippen LogP contribution in [0.25, 0.3) is 5.65 Å². The number of piperidine rings is 1. The van der Waals surface area contributed by atoms with Crippen LogP contribution in [-0.4, -0.2) is 45.5 Å². The van der Waals surface area contributed by atoms with E-state index >= 15 is 0 Å². The van der Waals surface area contributed by atoms with Crippen molar-refractivity contribution in [2.24, 2.45) is 0 Å². The van der Waals surface area contributed by atoms with Crippen LogP contribution in [0.2, 0.25) is 0 Å². The maximum atomic E-state index is 13.3. The van der Waals surface area contributed by atoms with Gasteiger partial charge >= 0.3 is 0 Å². The van der Waals surface area contributed by atoms with Gasteiger partial charge in [-0.05, 0) is 44.6 Å². The summed E-state index contributed by atoms with van der Waals surface area (Å²) in [5.41, 5.74) is 2.34. The van der Waals surface area contributed by atoms with E-state index in [2.05, 4.69) is 39.5 Å². The van der Waals surface area contributed by atoms with E-state index in [-0.39, 0.29) is 5.91 Å². The minimum atomic E-state index is -0.468. The molecule has 0 spiro atoms. The number of hydrogen-bond acceptors (Lipinski definition) is 4. The van der Waals surface area contributed by atoms with Crippen LogP contribution >= 0.6 is 0 Å². The molecule has 1 aliphatic rings. The van der Waals surface area contributed by atoms with Crippen molar-refractivity contribution < 1.29 is 4.79 Å². The number of nitrogens with one attached hydrogen (secondary N) is 1. The summed E-state index contributed by atoms with van der Waals surface area (Å²) in [5.74, 6) is 0.0899. The van der Waals surface area contributed by atoms with Gasteiger partial charge in [-0.3, -0.25) is 4.79 Å². The molecule has 0 aliphatic carbocycles. The Morgan fingerprint density at radius 3 is 2.73 bits per heavy atom. The van der Waals surface area contributed by atoms with Crippen molar-refractivity contribution in [2.75, 3.05) is 20.1 Å². The van der Waals surface area contributed by atoms with Gasteiger partial charge in [0.05, 0.1) is 11.6 Å². The van der Waals surface area contributed by atoms with Crippen LogP contribution in [0.1, 0.15) is 24.0 Å². The topological polar surface area (TPSA) is 62.5 Å². The van der Waals surface area contributed by atoms with Gasteiger partial charge in [0.25, 0.3) is 0 Å². The molecule has 3 heterocycles. The number of fused-ring (bicyclic) bond motifs is 1. The van der Waals surface area contributed by atoms with Crippen molar-refractivity contribution in [2.45, 2.75) is 24.8 Å². The van der Waals surface area contributed by atoms with Gasteiger partial charge in [-0.2, -0.15) is 5.10 Å². The maximum Gasteiger partial charge on any atom is 0.231 e. The van der Waals surface area contributed by atoms with E-state index in [9.17, 15) is 4.79 Å². The fourth-order valence-corrected chi connectivity index (χ4v) is 3.75. The molecule has 26 heavy (non-hydrogen) atoms. The van der Waals surface area contributed by atoms with Gasteiger partial charge in [-0.25, -0.2) is 9.50 Å². The summed E-state index contributed by atoms with van der Waals surface area (Å²) in [6.45, 7) is 2.27. The number of amides is 1. The first-order valence-corrected chi connectivity index (χ1v) is 8.99. The van der Waals surface area contributed by atoms with Gasteiger partial charge in [0.1, 0.15) is 0 Å². The summed E-state index contributed by atoms with van der Waals surface area (Å²) < 4.78 is 1.73. The normalized spacial score (nSPS) is 17.3. The molecule has 3 aromatic rings. The fraction of sp³-hybridized carbons (Fsp3) is 0.350. The Balaban J connectivity index is 1.57. The first-order valence-electron chi connectivity index (χ1n) is 8.99. The molecule has 2 aromatic heterocycles. The molecular weight excluding hydrogens is 326 g/mol. The predicted molar refractivity (Wildman–Crippen MR) is 99.7 cm³/mol. The van der Waals surface area contributed by atoms with E-state index in [1.54, 1.807) is 16.9 Å². The van der Waals surface area contributed by atoms with E-state index in [1.165, 1.54) is 0 Å². The number of likely N-dealkylation sites (tertiary alicyclic amines) is 1. The van der Waals surface area contributed by atoms with Crippen molar-refractivity contribution in [3.8, 4) is 0 Å². The summed E-state index contributed by atoms with van der Waals surface area (Å²) in [4.78, 5) is 19.9. The van der Waals surface area contributed by atoms with Crippen molar-refractivity contribution in [3.05, 3.63) is 66.1 Å². The smallest absolute Gasteiger partial charge is 0.231 e. The summed E-state index contributed by atoms with van der Waals surface area (Å²) in [5, 5.41) is 7.44. The number of hydrogen-bond donors (Lipinski definition) is 1. The Morgan fingerprint density at radius 1 is 1.19 bits per heavy atom. The van der Waals surface area contributed by atoms with E-state index in [1.807, 2.05) is 30.5 Å². The molecule has 134 valence electrons. The van der Waals surface area contributed by atoms with Gasteiger partial charge in [-0.15, -0.1) is 0 Å². The van der Waals surface area contributed by atoms with Crippen LogP contribution in [0, 0.1) is 0 Å². The second-order valence-corrected chi connectivity index (χ2v) is 6.99. The highest BCUT2D eigenvalue weighted by Gasteiger charge is 2.42. The standard InChI is InChI=1S/C20H23N5O/c1-24-12-8-20(9-13-24,17-6-3-2-4-7-17)19(26)22-14-16-15-23-25-11-5-10-21-18(16)25/h2-7,10-11,15H,8-9,12-14H2,1H3,(H,22,26). The molecule has 6 nitrogen and oxygen atoms in total. The average Bonchev–Trinajstić information content (AvgIpc) is 3.11. The highest BCUT2D eigenvalue weighted by atomic mass is 16.2. The van der Waals surface area contributed by atoms with Crippen LogP contribution in [0.3, 0.4) is 0 Å². The number of rotatable bonds is 4. The van der Waals surface area contributed by atoms with Crippen LogP contribution in [0.4, 0.5) is 0 Å². The van der Waals surface area contributed by atoms with Crippen LogP contribution in [0.5, 0.6) is 0 Å². The Morgan fingerprint density at radius 2 is 1.96 bits per heavy atom. The first kappa shape index (κ1) is 16.7. The molecule has 0 bridgehead atoms. The van der Waals surface area contributed by atoms with E-state index in [0.29, 0.717) is 6.54 Å². The molecule has 0 radical (unpaired) electrons. The number of aromatic nitrogens is 3. The van der Waals surface area contributed by atoms with Crippen LogP contribution < -0.4 is 5.32 Å². The Labute approximate surface area is 152 Å². The van der Waals surface area contributed by atoms with Crippen molar-refractivity contribution in [1.29, 1.82) is 0 Å². The monoisotopic (exact) mass is 349 g/mol. The minimum absolute atomic E-state index is 0.0899. The highest BCUT2D eigenvalue weighted by molar-refractivity contribution is 5.88. The molecule has 0 saturated carbocycles. The molecule has 6 heteroatoms. The second kappa shape index (κ2) is 6.88. The largest absolute Gasteiger partial charge is 0.351 e. The lowest BCUT2D eigenvalue weighted by molar-refractivity contribution is -0.128. The third-order valence-corrected chi connectivity index (χ3v) is 5.39. The lowest BCUT2D eigenvalue weighted by Crippen LogP contribution is -2.50. The summed E-state index contributed by atoms with van der Waals surface area (Å²) in [6.07, 6.45) is 7.02. The Bertz CT molecular complexity index is 897. The van der Waals surface area contributed by atoms with Gasteiger partial charge in [-0.1, -0.05) is 30.3 Å². The number of benzene rings is 1. The fourth-order valence-electron chi connectivity index (χ4n) is 3.75. The second-order valence-electron chi connectivity index (χ2n) is 6.99. The van der Waals surface area contributed by atoms with Crippen LogP contribution in [-0.2, 0) is 16.8 Å². The molecule has 0 unspecified atom stereocenters. The third-order valence-electron chi connectivity index (χ3n) is 5.39. The Kier molecular flexibility index (Phi) is 4.42. The van der Waals surface area contributed by atoms with Gasteiger partial charge in [0, 0.05) is 24.5 Å². The maximum absolute atomic E-state index is 13.3. The van der Waals surface area contributed by atoms with E-state index < -0.39 is 5.41 Å². The van der Waals surface area contributed by atoms with Gasteiger partial charge in [0.15, 0.2) is 5.65 Å². The van der Waals surface area contributed by atoms with Crippen molar-refractivity contribution in [1.82, 2.24) is 24.8 Å². The number of carbonyl (C=O) groups is 1. The average molecular weight is 349 g/mol. The summed E-state index contributed by atoms with van der Waals surface area (Å²) in [6, 6.07) is 12.0. The molecule has 1 fully saturated rings. The molecule has 1 saturated heterocycles. The zero-order chi connectivity index (χ0) is 18.0. The van der Waals surface area contributed by atoms with Gasteiger partial charge in [0.2, 0.25) is 5.91 Å². The minimum Gasteiger partial charge on any atom is -0.351 e.